The van der Waals surface area contributed by atoms with E-state index >= 15 is 0 Å². The molecule has 4 nitrogen and oxygen atoms in total. The lowest BCUT2D eigenvalue weighted by molar-refractivity contribution is 0.356. The van der Waals surface area contributed by atoms with E-state index in [0.29, 0.717) is 18.8 Å². The third-order valence-electron chi connectivity index (χ3n) is 2.83. The minimum absolute atomic E-state index is 0.0162. The fourth-order valence-corrected chi connectivity index (χ4v) is 2.05. The smallest absolute Gasteiger partial charge is 0.168 e. The zero-order valence-corrected chi connectivity index (χ0v) is 11.0. The zero-order valence-electron chi connectivity index (χ0n) is 10.2. The van der Waals surface area contributed by atoms with Gasteiger partial charge < -0.3 is 15.0 Å². The van der Waals surface area contributed by atoms with Crippen LogP contribution in [0.25, 0.3) is 0 Å². The van der Waals surface area contributed by atoms with Crippen molar-refractivity contribution in [2.24, 2.45) is 0 Å². The maximum Gasteiger partial charge on any atom is 0.168 e. The number of benzene rings is 1. The highest BCUT2D eigenvalue weighted by Gasteiger charge is 2.18. The molecule has 0 atom stereocenters. The Morgan fingerprint density at radius 3 is 2.74 bits per heavy atom. The third-order valence-corrected chi connectivity index (χ3v) is 3.11. The van der Waals surface area contributed by atoms with Crippen LogP contribution >= 0.6 is 0 Å². The number of ether oxygens (including phenoxy) is 1. The second-order valence-electron chi connectivity index (χ2n) is 4.04. The lowest BCUT2D eigenvalue weighted by Gasteiger charge is -2.30. The number of halogens is 2. The number of nitrogens with zero attached hydrogens (tertiary/aromatic N) is 1. The molecule has 0 radical (unpaired) electrons. The summed E-state index contributed by atoms with van der Waals surface area (Å²) < 4.78 is 42.6. The van der Waals surface area contributed by atoms with Crippen LogP contribution in [-0.4, -0.2) is 42.4 Å². The van der Waals surface area contributed by atoms with Crippen LogP contribution in [0.4, 0.5) is 14.5 Å². The molecule has 2 rings (SSSR count). The standard InChI is InChI=1S/C12H14F2N2O2S/c13-9-7-10(14)12(18-5-6-19-17)8-11(9)16-3-1-15-2-4-16/h6-8,15H,1-5H2. The lowest BCUT2D eigenvalue weighted by atomic mass is 10.2. The number of nitrogens with one attached hydrogen (secondary N) is 1. The van der Waals surface area contributed by atoms with Gasteiger partial charge in [0.2, 0.25) is 0 Å². The first-order chi connectivity index (χ1) is 9.22. The molecule has 19 heavy (non-hydrogen) atoms. The molecule has 1 aliphatic heterocycles. The van der Waals surface area contributed by atoms with Crippen LogP contribution in [0.3, 0.4) is 0 Å². The van der Waals surface area contributed by atoms with E-state index in [2.05, 4.69) is 5.32 Å². The van der Waals surface area contributed by atoms with E-state index < -0.39 is 11.6 Å². The highest BCUT2D eigenvalue weighted by atomic mass is 32.1. The van der Waals surface area contributed by atoms with Gasteiger partial charge in [0.05, 0.1) is 16.9 Å². The van der Waals surface area contributed by atoms with Gasteiger partial charge in [0, 0.05) is 43.7 Å². The van der Waals surface area contributed by atoms with Crippen molar-refractivity contribution in [3.05, 3.63) is 23.8 Å². The maximum atomic E-state index is 13.8. The molecule has 7 heteroatoms. The molecule has 0 saturated carbocycles. The fraction of sp³-hybridized carbons (Fsp3) is 0.417. The lowest BCUT2D eigenvalue weighted by Crippen LogP contribution is -2.43. The van der Waals surface area contributed by atoms with Crippen molar-refractivity contribution in [3.8, 4) is 5.75 Å². The van der Waals surface area contributed by atoms with Crippen molar-refractivity contribution in [3.63, 3.8) is 0 Å². The summed E-state index contributed by atoms with van der Waals surface area (Å²) in [6.07, 6.45) is 0. The van der Waals surface area contributed by atoms with Gasteiger partial charge in [0.15, 0.2) is 11.6 Å². The number of anilines is 1. The molecule has 0 aliphatic carbocycles. The summed E-state index contributed by atoms with van der Waals surface area (Å²) in [6.45, 7) is 2.81. The molecule has 104 valence electrons. The quantitative estimate of drug-likeness (QED) is 0.831. The largest absolute Gasteiger partial charge is 0.485 e. The van der Waals surface area contributed by atoms with Crippen molar-refractivity contribution < 1.29 is 17.7 Å². The van der Waals surface area contributed by atoms with Gasteiger partial charge in [0.25, 0.3) is 0 Å². The molecule has 1 aromatic carbocycles. The summed E-state index contributed by atoms with van der Waals surface area (Å²) in [6, 6.07) is 2.16. The molecular formula is C12H14F2N2O2S. The monoisotopic (exact) mass is 288 g/mol. The predicted octanol–water partition coefficient (Wildman–Crippen LogP) is 0.768. The van der Waals surface area contributed by atoms with Gasteiger partial charge in [-0.15, -0.1) is 0 Å². The molecule has 1 fully saturated rings. The molecule has 0 spiro atoms. The molecule has 1 N–H and O–H groups in total. The second kappa shape index (κ2) is 6.63. The summed E-state index contributed by atoms with van der Waals surface area (Å²) in [5, 5.41) is 4.42. The second-order valence-corrected chi connectivity index (χ2v) is 4.57. The first-order valence-corrected chi connectivity index (χ1v) is 6.70. The molecule has 1 aliphatic rings. The van der Waals surface area contributed by atoms with E-state index in [1.54, 1.807) is 0 Å². The van der Waals surface area contributed by atoms with Crippen LogP contribution in [0.1, 0.15) is 0 Å². The van der Waals surface area contributed by atoms with Gasteiger partial charge in [-0.3, -0.25) is 0 Å². The summed E-state index contributed by atoms with van der Waals surface area (Å²) in [7, 11) is 0. The third kappa shape index (κ3) is 3.51. The average molecular weight is 288 g/mol. The normalized spacial score (nSPS) is 15.2. The number of piperazine rings is 1. The highest BCUT2D eigenvalue weighted by Crippen LogP contribution is 2.28. The topological polar surface area (TPSA) is 41.6 Å². The predicted molar refractivity (Wildman–Crippen MR) is 71.1 cm³/mol. The highest BCUT2D eigenvalue weighted by molar-refractivity contribution is 7.64. The Labute approximate surface area is 113 Å². The van der Waals surface area contributed by atoms with Crippen LogP contribution in [-0.2, 0) is 11.3 Å². The Balaban J connectivity index is 2.22. The minimum Gasteiger partial charge on any atom is -0.485 e. The minimum atomic E-state index is -0.763. The summed E-state index contributed by atoms with van der Waals surface area (Å²) in [4.78, 5) is 1.84. The molecular weight excluding hydrogens is 274 g/mol. The van der Waals surface area contributed by atoms with Gasteiger partial charge in [0.1, 0.15) is 12.4 Å². The molecule has 0 unspecified atom stereocenters. The molecule has 1 heterocycles. The number of hydrogen-bond acceptors (Lipinski definition) is 4. The molecule has 0 amide bonds. The van der Waals surface area contributed by atoms with E-state index in [-0.39, 0.29) is 23.6 Å². The van der Waals surface area contributed by atoms with Crippen LogP contribution in [0.15, 0.2) is 12.1 Å². The Hall–Kier alpha value is -1.47. The van der Waals surface area contributed by atoms with Crippen LogP contribution in [0, 0.1) is 11.6 Å². The van der Waals surface area contributed by atoms with Gasteiger partial charge in [-0.1, -0.05) is 0 Å². The first-order valence-electron chi connectivity index (χ1n) is 5.90. The molecule has 1 aromatic rings. The van der Waals surface area contributed by atoms with E-state index in [9.17, 15) is 13.0 Å². The summed E-state index contributed by atoms with van der Waals surface area (Å²) in [5.74, 6) is -1.41. The van der Waals surface area contributed by atoms with Crippen LogP contribution in [0.5, 0.6) is 5.75 Å². The van der Waals surface area contributed by atoms with E-state index in [1.165, 1.54) is 11.4 Å². The van der Waals surface area contributed by atoms with Crippen molar-refractivity contribution in [1.82, 2.24) is 5.32 Å². The van der Waals surface area contributed by atoms with Crippen molar-refractivity contribution >= 4 is 22.3 Å². The summed E-state index contributed by atoms with van der Waals surface area (Å²) >= 11 is 0.247. The average Bonchev–Trinajstić information content (AvgIpc) is 2.42. The van der Waals surface area contributed by atoms with Gasteiger partial charge >= 0.3 is 0 Å². The fourth-order valence-electron chi connectivity index (χ4n) is 1.93. The Bertz CT molecular complexity index is 501. The molecule has 1 saturated heterocycles. The SMILES string of the molecule is O=S=CCOc1cc(N2CCNCC2)c(F)cc1F. The van der Waals surface area contributed by atoms with Gasteiger partial charge in [-0.05, 0) is 0 Å². The Morgan fingerprint density at radius 2 is 2.05 bits per heavy atom. The van der Waals surface area contributed by atoms with E-state index in [1.807, 2.05) is 4.90 Å². The van der Waals surface area contributed by atoms with Gasteiger partial charge in [-0.25, -0.2) is 13.0 Å². The molecule has 0 aromatic heterocycles. The zero-order chi connectivity index (χ0) is 13.7. The summed E-state index contributed by atoms with van der Waals surface area (Å²) in [5.41, 5.74) is 0.327. The first kappa shape index (κ1) is 14.0. The van der Waals surface area contributed by atoms with Crippen LogP contribution < -0.4 is 15.0 Å². The number of rotatable bonds is 4. The Kier molecular flexibility index (Phi) is 4.86. The van der Waals surface area contributed by atoms with Crippen molar-refractivity contribution in [1.29, 1.82) is 0 Å². The van der Waals surface area contributed by atoms with Crippen molar-refractivity contribution in [2.45, 2.75) is 0 Å². The van der Waals surface area contributed by atoms with E-state index in [4.69, 9.17) is 4.74 Å². The van der Waals surface area contributed by atoms with E-state index in [0.717, 1.165) is 19.2 Å². The number of hydrogen-bond donors (Lipinski definition) is 1. The molecule has 0 bridgehead atoms. The van der Waals surface area contributed by atoms with Crippen molar-refractivity contribution in [2.75, 3.05) is 37.7 Å². The van der Waals surface area contributed by atoms with Crippen LogP contribution in [0.2, 0.25) is 0 Å². The Morgan fingerprint density at radius 1 is 1.32 bits per heavy atom. The maximum absolute atomic E-state index is 13.8. The van der Waals surface area contributed by atoms with Gasteiger partial charge in [-0.2, -0.15) is 0 Å².